The lowest BCUT2D eigenvalue weighted by Gasteiger charge is -2.48. The Labute approximate surface area is 90.4 Å². The summed E-state index contributed by atoms with van der Waals surface area (Å²) in [4.78, 5) is 0. The predicted molar refractivity (Wildman–Crippen MR) is 55.1 cm³/mol. The fraction of sp³-hybridized carbons (Fsp3) is 1.00. The highest BCUT2D eigenvalue weighted by molar-refractivity contribution is 7.88. The van der Waals surface area contributed by atoms with Crippen LogP contribution in [0.1, 0.15) is 6.42 Å². The van der Waals surface area contributed by atoms with Gasteiger partial charge in [0.2, 0.25) is 10.0 Å². The van der Waals surface area contributed by atoms with Crippen molar-refractivity contribution < 1.29 is 17.9 Å². The molecule has 0 saturated carbocycles. The summed E-state index contributed by atoms with van der Waals surface area (Å²) >= 11 is 0. The number of hydrogen-bond acceptors (Lipinski definition) is 4. The van der Waals surface area contributed by atoms with Gasteiger partial charge in [-0.15, -0.1) is 0 Å². The van der Waals surface area contributed by atoms with Gasteiger partial charge >= 0.3 is 0 Å². The summed E-state index contributed by atoms with van der Waals surface area (Å²) in [6, 6.07) is 0. The van der Waals surface area contributed by atoms with E-state index in [2.05, 4.69) is 0 Å². The molecule has 0 amide bonds. The maximum Gasteiger partial charge on any atom is 0.211 e. The van der Waals surface area contributed by atoms with Gasteiger partial charge in [-0.1, -0.05) is 0 Å². The molecular formula is C9H17NO4S. The molecule has 0 aliphatic carbocycles. The van der Waals surface area contributed by atoms with Crippen LogP contribution in [0.4, 0.5) is 0 Å². The third-order valence-corrected chi connectivity index (χ3v) is 4.52. The highest BCUT2D eigenvalue weighted by atomic mass is 32.2. The fourth-order valence-electron chi connectivity index (χ4n) is 2.36. The van der Waals surface area contributed by atoms with Gasteiger partial charge in [-0.2, -0.15) is 4.31 Å². The number of nitrogens with zero attached hydrogens (tertiary/aromatic N) is 1. The maximum absolute atomic E-state index is 11.3. The summed E-state index contributed by atoms with van der Waals surface area (Å²) in [5.74, 6) is 0.334. The Bertz CT molecular complexity index is 334. The Morgan fingerprint density at radius 2 is 2.20 bits per heavy atom. The van der Waals surface area contributed by atoms with Crippen molar-refractivity contribution in [3.63, 3.8) is 0 Å². The van der Waals surface area contributed by atoms with Crippen molar-refractivity contribution in [2.24, 2.45) is 5.92 Å². The molecule has 0 aromatic heterocycles. The smallest absolute Gasteiger partial charge is 0.211 e. The number of rotatable bonds is 3. The van der Waals surface area contributed by atoms with Crippen molar-refractivity contribution in [3.05, 3.63) is 0 Å². The number of ether oxygens (including phenoxy) is 2. The zero-order chi connectivity index (χ0) is 11.1. The zero-order valence-corrected chi connectivity index (χ0v) is 9.92. The first-order chi connectivity index (χ1) is 6.98. The molecule has 0 radical (unpaired) electrons. The lowest BCUT2D eigenvalue weighted by atomic mass is 9.83. The van der Waals surface area contributed by atoms with Crippen LogP contribution < -0.4 is 0 Å². The minimum atomic E-state index is -3.06. The molecule has 2 heterocycles. The van der Waals surface area contributed by atoms with Crippen LogP contribution in [-0.4, -0.2) is 58.0 Å². The third kappa shape index (κ3) is 1.91. The molecule has 2 rings (SSSR count). The van der Waals surface area contributed by atoms with Gasteiger partial charge in [0.1, 0.15) is 5.60 Å². The summed E-state index contributed by atoms with van der Waals surface area (Å²) in [5.41, 5.74) is -0.265. The van der Waals surface area contributed by atoms with Crippen LogP contribution in [0.5, 0.6) is 0 Å². The number of methoxy groups -OCH3 is 1. The molecule has 0 aromatic rings. The average Bonchev–Trinajstić information content (AvgIpc) is 2.44. The van der Waals surface area contributed by atoms with Crippen LogP contribution in [0.2, 0.25) is 0 Å². The van der Waals surface area contributed by atoms with Gasteiger partial charge in [0.25, 0.3) is 0 Å². The molecule has 2 fully saturated rings. The van der Waals surface area contributed by atoms with Gasteiger partial charge in [0, 0.05) is 32.7 Å². The van der Waals surface area contributed by atoms with Crippen LogP contribution in [0.15, 0.2) is 0 Å². The van der Waals surface area contributed by atoms with Gasteiger partial charge in [0.05, 0.1) is 12.9 Å². The normalized spacial score (nSPS) is 30.7. The first kappa shape index (κ1) is 11.3. The van der Waals surface area contributed by atoms with Crippen molar-refractivity contribution >= 4 is 10.0 Å². The highest BCUT2D eigenvalue weighted by Crippen LogP contribution is 2.40. The van der Waals surface area contributed by atoms with E-state index in [4.69, 9.17) is 9.47 Å². The fourth-order valence-corrected chi connectivity index (χ4v) is 3.26. The second-order valence-electron chi connectivity index (χ2n) is 4.39. The Morgan fingerprint density at radius 1 is 1.53 bits per heavy atom. The molecule has 1 atom stereocenters. The summed E-state index contributed by atoms with van der Waals surface area (Å²) < 4.78 is 34.8. The van der Waals surface area contributed by atoms with Gasteiger partial charge in [-0.25, -0.2) is 8.42 Å². The predicted octanol–water partition coefficient (Wildman–Crippen LogP) is -0.317. The van der Waals surface area contributed by atoms with Crippen molar-refractivity contribution in [1.82, 2.24) is 4.31 Å². The molecule has 88 valence electrons. The molecular weight excluding hydrogens is 218 g/mol. The quantitative estimate of drug-likeness (QED) is 0.673. The number of sulfonamides is 1. The van der Waals surface area contributed by atoms with Crippen LogP contribution in [0.3, 0.4) is 0 Å². The minimum Gasteiger partial charge on any atom is -0.384 e. The molecule has 0 bridgehead atoms. The molecule has 0 N–H and O–H groups in total. The van der Waals surface area contributed by atoms with E-state index in [-0.39, 0.29) is 5.60 Å². The van der Waals surface area contributed by atoms with Gasteiger partial charge in [-0.3, -0.25) is 0 Å². The SMILES string of the molecule is COCC1CCOC12CN(S(C)(=O)=O)C2. The lowest BCUT2D eigenvalue weighted by molar-refractivity contribution is -0.111. The molecule has 2 aliphatic heterocycles. The van der Waals surface area contributed by atoms with E-state index in [0.29, 0.717) is 32.2 Å². The highest BCUT2D eigenvalue weighted by Gasteiger charge is 2.55. The standard InChI is InChI=1S/C9H17NO4S/c1-13-5-8-3-4-14-9(8)6-10(7-9)15(2,11)12/h8H,3-7H2,1-2H3. The molecule has 2 saturated heterocycles. The van der Waals surface area contributed by atoms with Crippen molar-refractivity contribution in [1.29, 1.82) is 0 Å². The van der Waals surface area contributed by atoms with E-state index in [9.17, 15) is 8.42 Å². The van der Waals surface area contributed by atoms with E-state index < -0.39 is 10.0 Å². The topological polar surface area (TPSA) is 55.8 Å². The minimum absolute atomic E-state index is 0.265. The molecule has 2 aliphatic rings. The largest absolute Gasteiger partial charge is 0.384 e. The molecule has 1 spiro atoms. The first-order valence-corrected chi connectivity index (χ1v) is 6.91. The van der Waals surface area contributed by atoms with Gasteiger partial charge in [0.15, 0.2) is 0 Å². The van der Waals surface area contributed by atoms with E-state index in [1.807, 2.05) is 0 Å². The van der Waals surface area contributed by atoms with E-state index >= 15 is 0 Å². The van der Waals surface area contributed by atoms with Crippen LogP contribution >= 0.6 is 0 Å². The molecule has 0 aromatic carbocycles. The van der Waals surface area contributed by atoms with Crippen LogP contribution in [-0.2, 0) is 19.5 Å². The Kier molecular flexibility index (Phi) is 2.79. The summed E-state index contributed by atoms with van der Waals surface area (Å²) in [6.45, 7) is 2.34. The molecule has 15 heavy (non-hydrogen) atoms. The van der Waals surface area contributed by atoms with Crippen molar-refractivity contribution in [2.75, 3.05) is 39.7 Å². The summed E-state index contributed by atoms with van der Waals surface area (Å²) in [5, 5.41) is 0. The first-order valence-electron chi connectivity index (χ1n) is 5.06. The van der Waals surface area contributed by atoms with Crippen LogP contribution in [0, 0.1) is 5.92 Å². The zero-order valence-electron chi connectivity index (χ0n) is 9.10. The monoisotopic (exact) mass is 235 g/mol. The van der Waals surface area contributed by atoms with E-state index in [1.54, 1.807) is 7.11 Å². The Balaban J connectivity index is 2.00. The van der Waals surface area contributed by atoms with Crippen molar-refractivity contribution in [2.45, 2.75) is 12.0 Å². The summed E-state index contributed by atoms with van der Waals surface area (Å²) in [7, 11) is -1.39. The molecule has 6 heteroatoms. The second-order valence-corrected chi connectivity index (χ2v) is 6.37. The average molecular weight is 235 g/mol. The molecule has 1 unspecified atom stereocenters. The Hall–Kier alpha value is -0.170. The van der Waals surface area contributed by atoms with Crippen LogP contribution in [0.25, 0.3) is 0 Å². The molecule has 5 nitrogen and oxygen atoms in total. The Morgan fingerprint density at radius 3 is 2.73 bits per heavy atom. The van der Waals surface area contributed by atoms with E-state index in [1.165, 1.54) is 10.6 Å². The van der Waals surface area contributed by atoms with Crippen molar-refractivity contribution in [3.8, 4) is 0 Å². The third-order valence-electron chi connectivity index (χ3n) is 3.32. The van der Waals surface area contributed by atoms with Gasteiger partial charge < -0.3 is 9.47 Å². The maximum atomic E-state index is 11.3. The summed E-state index contributed by atoms with van der Waals surface area (Å²) in [6.07, 6.45) is 2.20. The van der Waals surface area contributed by atoms with E-state index in [0.717, 1.165) is 6.42 Å². The number of hydrogen-bond donors (Lipinski definition) is 0. The lowest BCUT2D eigenvalue weighted by Crippen LogP contribution is -2.66. The van der Waals surface area contributed by atoms with Gasteiger partial charge in [-0.05, 0) is 6.42 Å². The second kappa shape index (κ2) is 3.69.